The van der Waals surface area contributed by atoms with Crippen LogP contribution in [-0.4, -0.2) is 63.4 Å². The summed E-state index contributed by atoms with van der Waals surface area (Å²) in [4.78, 5) is 13.1. The smallest absolute Gasteiger partial charge is 1.00 e. The summed E-state index contributed by atoms with van der Waals surface area (Å²) in [6.07, 6.45) is 6.97. The van der Waals surface area contributed by atoms with E-state index in [1.807, 2.05) is 72.8 Å². The molecule has 2 heterocycles. The van der Waals surface area contributed by atoms with Crippen LogP contribution in [0, 0.1) is 0 Å². The van der Waals surface area contributed by atoms with E-state index in [0.717, 1.165) is 35.4 Å². The van der Waals surface area contributed by atoms with Gasteiger partial charge in [0.2, 0.25) is 11.4 Å². The van der Waals surface area contributed by atoms with Gasteiger partial charge >= 0.3 is 37.7 Å². The standard InChI is InChI=1S/C46H58N3.2C6H6.C4H8O.Ca.HI/c1-27(2)35-17-15-18-36(28(3)4)43(35)47-25-31-21-33(45(9,10)11)23-39-40-24-34(46(12,13)14)22-32(42(40)49-41(31)39)26-48-44-37(29(5)6)19-16-20-38(44)30(7)8;2*1-2-4-6-5-3-1;1-2-4-5-3-1;;/h15-30H,1-14H3;2*1-6H;1-4H2;;1H/q-1;;;;+2;/p+1. The Bertz CT molecular complexity index is 2350. The molecule has 2 N–H and O–H groups in total. The van der Waals surface area contributed by atoms with Gasteiger partial charge in [0.25, 0.3) is 0 Å². The second-order valence-electron chi connectivity index (χ2n) is 21.0. The Kier molecular flexibility index (Phi) is 23.9. The van der Waals surface area contributed by atoms with Gasteiger partial charge in [0.05, 0.1) is 0 Å². The van der Waals surface area contributed by atoms with Crippen molar-refractivity contribution in [3.8, 4) is 0 Å². The van der Waals surface area contributed by atoms with Crippen molar-refractivity contribution in [2.45, 2.75) is 144 Å². The van der Waals surface area contributed by atoms with E-state index in [0.29, 0.717) is 23.7 Å². The van der Waals surface area contributed by atoms with E-state index in [4.69, 9.17) is 9.72 Å². The Labute approximate surface area is 458 Å². The molecule has 0 spiro atoms. The van der Waals surface area contributed by atoms with Crippen molar-refractivity contribution >= 4 is 83.3 Å². The molecule has 356 valence electrons. The molecule has 0 saturated carbocycles. The molecule has 0 unspecified atom stereocenters. The number of fused-ring (bicyclic) bond motifs is 3. The van der Waals surface area contributed by atoms with Crippen LogP contribution in [0.4, 0.5) is 11.4 Å². The van der Waals surface area contributed by atoms with Gasteiger partial charge in [-0.3, -0.25) is 0 Å². The molecule has 0 amide bonds. The molecule has 1 saturated heterocycles. The van der Waals surface area contributed by atoms with Gasteiger partial charge in [-0.2, -0.15) is 0 Å². The molecule has 1 fully saturated rings. The molecule has 0 bridgehead atoms. The minimum absolute atomic E-state index is 0. The van der Waals surface area contributed by atoms with Crippen LogP contribution in [0.1, 0.15) is 178 Å². The molecule has 8 rings (SSSR count). The van der Waals surface area contributed by atoms with Gasteiger partial charge in [-0.25, -0.2) is 9.98 Å². The molecule has 7 aromatic rings. The quantitative estimate of drug-likeness (QED) is 0.0905. The average Bonchev–Trinajstić information content (AvgIpc) is 4.01. The minimum Gasteiger partial charge on any atom is -1.00 e. The van der Waals surface area contributed by atoms with Gasteiger partial charge in [-0.15, -0.1) is 11.0 Å². The molecule has 4 nitrogen and oxygen atoms in total. The zero-order valence-corrected chi connectivity index (χ0v) is 48.3. The zero-order valence-electron chi connectivity index (χ0n) is 43.9. The number of ether oxygens (including phenoxy) is 1. The molecule has 6 heteroatoms. The number of halogens is 1. The first-order valence-electron chi connectivity index (χ1n) is 24.5. The summed E-state index contributed by atoms with van der Waals surface area (Å²) in [6, 6.07) is 46.9. The van der Waals surface area contributed by atoms with Crippen LogP contribution < -0.4 is 38.9 Å². The molecule has 1 aromatic heterocycles. The van der Waals surface area contributed by atoms with Gasteiger partial charge in [0, 0.05) is 46.6 Å². The van der Waals surface area contributed by atoms with E-state index >= 15 is 0 Å². The maximum Gasteiger partial charge on any atom is 2.00 e. The zero-order chi connectivity index (χ0) is 48.0. The fraction of sp³-hybridized carbons (Fsp3) is 0.387. The van der Waals surface area contributed by atoms with Crippen molar-refractivity contribution in [1.29, 1.82) is 0 Å². The topological polar surface area (TPSA) is 51.3 Å². The number of benzene rings is 6. The number of hydrogen-bond acceptors (Lipinski definition) is 1. The summed E-state index contributed by atoms with van der Waals surface area (Å²) in [7, 11) is 0. The van der Waals surface area contributed by atoms with Gasteiger partial charge in [0.1, 0.15) is 0 Å². The number of para-hydroxylation sites is 2. The van der Waals surface area contributed by atoms with Gasteiger partial charge in [0.15, 0.2) is 12.4 Å². The second-order valence-corrected chi connectivity index (χ2v) is 21.0. The Balaban J connectivity index is 0.000000536. The maximum atomic E-state index is 5.47. The third kappa shape index (κ3) is 16.5. The molecule has 1 aliphatic rings. The number of hydrogen-bond donors (Lipinski definition) is 2. The summed E-state index contributed by atoms with van der Waals surface area (Å²) in [5, 5.41) is 2.42. The van der Waals surface area contributed by atoms with Crippen molar-refractivity contribution in [3.05, 3.63) is 178 Å². The summed E-state index contributed by atoms with van der Waals surface area (Å²) >= 11 is 0. The Morgan fingerprint density at radius 3 is 0.956 bits per heavy atom. The summed E-state index contributed by atoms with van der Waals surface area (Å²) in [5.74, 6) is 1.64. The van der Waals surface area contributed by atoms with Crippen LogP contribution in [0.25, 0.3) is 21.8 Å². The maximum absolute atomic E-state index is 5.47. The van der Waals surface area contributed by atoms with Gasteiger partial charge < -0.3 is 33.7 Å². The third-order valence-electron chi connectivity index (χ3n) is 12.2. The summed E-state index contributed by atoms with van der Waals surface area (Å²) < 4.78 is 4.94. The summed E-state index contributed by atoms with van der Waals surface area (Å²) in [5.41, 5.74) is 14.7. The van der Waals surface area contributed by atoms with Crippen molar-refractivity contribution in [2.75, 3.05) is 13.2 Å². The first-order chi connectivity index (χ1) is 31.4. The predicted octanol–water partition coefficient (Wildman–Crippen LogP) is 10.5. The van der Waals surface area contributed by atoms with Crippen molar-refractivity contribution in [1.82, 2.24) is 4.98 Å². The predicted molar refractivity (Wildman–Crippen MR) is 292 cm³/mol. The minimum atomic E-state index is -0.0226. The molecule has 1 aliphatic heterocycles. The van der Waals surface area contributed by atoms with Gasteiger partial charge in [-0.1, -0.05) is 218 Å². The van der Waals surface area contributed by atoms with Crippen LogP contribution in [0.2, 0.25) is 0 Å². The molecule has 0 radical (unpaired) electrons. The molecule has 0 aliphatic carbocycles. The molecule has 0 atom stereocenters. The molecule has 68 heavy (non-hydrogen) atoms. The molecular weight excluding hydrogens is 970 g/mol. The van der Waals surface area contributed by atoms with E-state index < -0.39 is 0 Å². The van der Waals surface area contributed by atoms with Crippen LogP contribution in [0.3, 0.4) is 0 Å². The Morgan fingerprint density at radius 1 is 0.456 bits per heavy atom. The van der Waals surface area contributed by atoms with Crippen LogP contribution in [-0.2, 0) is 15.6 Å². The first kappa shape index (κ1) is 58.7. The van der Waals surface area contributed by atoms with E-state index in [9.17, 15) is 0 Å². The van der Waals surface area contributed by atoms with Crippen LogP contribution >= 0.6 is 0 Å². The number of nitrogens with one attached hydrogen (secondary N) is 2. The Morgan fingerprint density at radius 2 is 0.735 bits per heavy atom. The second kappa shape index (κ2) is 27.7. The van der Waals surface area contributed by atoms with Crippen molar-refractivity contribution in [2.24, 2.45) is 0 Å². The number of aromatic nitrogens is 1. The summed E-state index contributed by atoms with van der Waals surface area (Å²) in [6.45, 7) is 34.0. The van der Waals surface area contributed by atoms with E-state index in [-0.39, 0.29) is 72.5 Å². The van der Waals surface area contributed by atoms with Gasteiger partial charge in [-0.05, 0) is 81.4 Å². The van der Waals surface area contributed by atoms with Crippen molar-refractivity contribution in [3.63, 3.8) is 0 Å². The largest absolute Gasteiger partial charge is 2.00 e. The normalized spacial score (nSPS) is 12.7. The Hall–Kier alpha value is -3.59. The van der Waals surface area contributed by atoms with Crippen molar-refractivity contribution < 1.29 is 38.7 Å². The first-order valence-corrected chi connectivity index (χ1v) is 24.5. The SMILES string of the molecule is C1CCOC1.CC(C)c1cccc(C(C)C)c1[NH+]=Cc1cc(C(C)(C)C)cc2c1[n-]c1c(C=[NH+]c3c(C(C)C)cccc3C(C)C)cc(C(C)(C)C)cc12.[Ca+2].[I-].c1ccccc1.c1ccccc1. The fourth-order valence-electron chi connectivity index (χ4n) is 8.19. The number of nitrogens with zero attached hydrogens (tertiary/aromatic N) is 1. The molecule has 6 aromatic carbocycles. The van der Waals surface area contributed by atoms with E-state index in [1.165, 1.54) is 68.4 Å². The number of rotatable bonds is 8. The van der Waals surface area contributed by atoms with Crippen LogP contribution in [0.15, 0.2) is 133 Å². The average molecular weight is 1050 g/mol. The van der Waals surface area contributed by atoms with E-state index in [1.54, 1.807) is 0 Å². The fourth-order valence-corrected chi connectivity index (χ4v) is 8.19. The van der Waals surface area contributed by atoms with Crippen LogP contribution in [0.5, 0.6) is 0 Å². The third-order valence-corrected chi connectivity index (χ3v) is 12.2. The molecular formula is C62H80CaIN3O+2. The van der Waals surface area contributed by atoms with E-state index in [2.05, 4.69) is 180 Å². The monoisotopic (exact) mass is 1050 g/mol.